The Morgan fingerprint density at radius 2 is 1.30 bits per heavy atom. The smallest absolute Gasteiger partial charge is 0.229 e. The van der Waals surface area contributed by atoms with E-state index in [9.17, 15) is 14.4 Å². The molecule has 0 bridgehead atoms. The molecule has 3 aromatic carbocycles. The molecule has 1 aromatic heterocycles. The molecule has 4 nitrogen and oxygen atoms in total. The van der Waals surface area contributed by atoms with Crippen molar-refractivity contribution in [3.05, 3.63) is 121 Å². The van der Waals surface area contributed by atoms with Crippen LogP contribution in [-0.2, 0) is 0 Å². The lowest BCUT2D eigenvalue weighted by Crippen LogP contribution is -2.36. The lowest BCUT2D eigenvalue weighted by molar-refractivity contribution is 0.101. The van der Waals surface area contributed by atoms with Gasteiger partial charge in [-0.05, 0) is 68.0 Å². The van der Waals surface area contributed by atoms with Crippen molar-refractivity contribution in [3.63, 3.8) is 0 Å². The molecule has 0 aliphatic rings. The molecule has 1 heterocycles. The Morgan fingerprint density at radius 1 is 0.758 bits per heavy atom. The Hall–Kier alpha value is -3.66. The van der Waals surface area contributed by atoms with Crippen LogP contribution >= 0.6 is 0 Å². The van der Waals surface area contributed by atoms with Gasteiger partial charge in [-0.2, -0.15) is 0 Å². The van der Waals surface area contributed by atoms with E-state index in [1.165, 1.54) is 16.7 Å². The zero-order chi connectivity index (χ0) is 24.5. The number of carbonyl (C=O) groups is 1. The van der Waals surface area contributed by atoms with Crippen molar-refractivity contribution in [1.82, 2.24) is 4.98 Å². The van der Waals surface area contributed by atoms with Crippen molar-refractivity contribution in [2.75, 3.05) is 0 Å². The summed E-state index contributed by atoms with van der Waals surface area (Å²) in [6.45, 7) is 11.4. The van der Waals surface area contributed by atoms with Crippen LogP contribution in [-0.4, -0.2) is 10.8 Å². The fourth-order valence-corrected chi connectivity index (χ4v) is 3.02. The molecule has 0 aliphatic carbocycles. The maximum absolute atomic E-state index is 11.2. The molecule has 4 rings (SSSR count). The summed E-state index contributed by atoms with van der Waals surface area (Å²) in [5.74, 6) is 0.638. The van der Waals surface area contributed by atoms with Gasteiger partial charge in [-0.15, -0.1) is 0 Å². The highest BCUT2D eigenvalue weighted by molar-refractivity contribution is 5.94. The lowest BCUT2D eigenvalue weighted by atomic mass is 9.97. The molecule has 0 radical (unpaired) electrons. The van der Waals surface area contributed by atoms with Crippen LogP contribution in [0.5, 0.6) is 0 Å². The number of aryl methyl sites for hydroxylation is 1. The fraction of sp³-hybridized carbons (Fsp3) is 0.241. The van der Waals surface area contributed by atoms with E-state index < -0.39 is 0 Å². The highest BCUT2D eigenvalue weighted by Gasteiger charge is 2.10. The minimum atomic E-state index is -0.317. The molecule has 4 heteroatoms. The molecular weight excluding hydrogens is 410 g/mol. The van der Waals surface area contributed by atoms with Gasteiger partial charge in [0.05, 0.1) is 0 Å². The summed E-state index contributed by atoms with van der Waals surface area (Å²) in [5, 5.41) is 0. The summed E-state index contributed by atoms with van der Waals surface area (Å²) in [7, 11) is 0. The SMILES string of the molecule is CC(=O)c1ccc(-c2cccc(C(C)C)c2)cc1.Cc1c(C)c(=O)c1=O.Cc1ccncc1. The molecule has 33 heavy (non-hydrogen) atoms. The Morgan fingerprint density at radius 3 is 1.70 bits per heavy atom. The van der Waals surface area contributed by atoms with Crippen LogP contribution in [0.25, 0.3) is 11.1 Å². The van der Waals surface area contributed by atoms with Crippen molar-refractivity contribution in [2.45, 2.75) is 47.5 Å². The van der Waals surface area contributed by atoms with Crippen molar-refractivity contribution in [2.24, 2.45) is 0 Å². The van der Waals surface area contributed by atoms with Crippen molar-refractivity contribution < 1.29 is 4.79 Å². The average molecular weight is 442 g/mol. The molecule has 0 unspecified atom stereocenters. The number of hydrogen-bond donors (Lipinski definition) is 0. The van der Waals surface area contributed by atoms with Gasteiger partial charge < -0.3 is 0 Å². The minimum absolute atomic E-state index is 0.109. The average Bonchev–Trinajstić information content (AvgIpc) is 2.84. The van der Waals surface area contributed by atoms with Crippen molar-refractivity contribution in [3.8, 4) is 11.1 Å². The topological polar surface area (TPSA) is 64.1 Å². The molecule has 0 saturated carbocycles. The van der Waals surface area contributed by atoms with E-state index in [1.54, 1.807) is 33.2 Å². The summed E-state index contributed by atoms with van der Waals surface area (Å²) in [6, 6.07) is 20.3. The number of pyridine rings is 1. The first-order valence-corrected chi connectivity index (χ1v) is 11.0. The minimum Gasteiger partial charge on any atom is -0.295 e. The zero-order valence-corrected chi connectivity index (χ0v) is 20.2. The largest absolute Gasteiger partial charge is 0.295 e. The molecule has 0 aliphatic heterocycles. The Kier molecular flexibility index (Phi) is 9.17. The van der Waals surface area contributed by atoms with Gasteiger partial charge in [0.1, 0.15) is 0 Å². The van der Waals surface area contributed by atoms with Crippen LogP contribution in [0.1, 0.15) is 59.3 Å². The fourth-order valence-electron chi connectivity index (χ4n) is 3.02. The van der Waals surface area contributed by atoms with Crippen LogP contribution in [0.15, 0.2) is 82.6 Å². The molecule has 0 amide bonds. The van der Waals surface area contributed by atoms with E-state index in [-0.39, 0.29) is 16.6 Å². The maximum Gasteiger partial charge on any atom is 0.229 e. The summed E-state index contributed by atoms with van der Waals surface area (Å²) in [5.41, 5.74) is 6.32. The van der Waals surface area contributed by atoms with E-state index in [4.69, 9.17) is 0 Å². The number of aromatic nitrogens is 1. The van der Waals surface area contributed by atoms with Crippen molar-refractivity contribution in [1.29, 1.82) is 0 Å². The second-order valence-electron chi connectivity index (χ2n) is 8.35. The number of Topliss-reactive ketones (excluding diaryl/α,β-unsaturated/α-hetero) is 1. The molecule has 4 aromatic rings. The Labute approximate surface area is 195 Å². The first-order chi connectivity index (χ1) is 15.6. The number of nitrogens with zero attached hydrogens (tertiary/aromatic N) is 1. The molecule has 0 N–H and O–H groups in total. The summed E-state index contributed by atoms with van der Waals surface area (Å²) in [4.78, 5) is 35.8. The van der Waals surface area contributed by atoms with Crippen LogP contribution in [0, 0.1) is 20.8 Å². The van der Waals surface area contributed by atoms with E-state index in [0.717, 1.165) is 11.1 Å². The van der Waals surface area contributed by atoms with Gasteiger partial charge in [-0.1, -0.05) is 62.4 Å². The van der Waals surface area contributed by atoms with Gasteiger partial charge in [0.2, 0.25) is 10.9 Å². The van der Waals surface area contributed by atoms with E-state index in [1.807, 2.05) is 43.3 Å². The zero-order valence-electron chi connectivity index (χ0n) is 20.2. The van der Waals surface area contributed by atoms with Crippen LogP contribution in [0.2, 0.25) is 0 Å². The normalized spacial score (nSPS) is 10.2. The number of carbonyl (C=O) groups excluding carboxylic acids is 1. The van der Waals surface area contributed by atoms with Gasteiger partial charge in [0.25, 0.3) is 0 Å². The second-order valence-corrected chi connectivity index (χ2v) is 8.35. The summed E-state index contributed by atoms with van der Waals surface area (Å²) < 4.78 is 0. The van der Waals surface area contributed by atoms with Gasteiger partial charge in [-0.25, -0.2) is 0 Å². The van der Waals surface area contributed by atoms with Crippen LogP contribution < -0.4 is 10.9 Å². The van der Waals surface area contributed by atoms with E-state index in [2.05, 4.69) is 43.1 Å². The number of hydrogen-bond acceptors (Lipinski definition) is 4. The quantitative estimate of drug-likeness (QED) is 0.290. The number of benzene rings is 2. The molecule has 0 spiro atoms. The van der Waals surface area contributed by atoms with Crippen molar-refractivity contribution >= 4 is 5.78 Å². The van der Waals surface area contributed by atoms with Gasteiger partial charge in [0.15, 0.2) is 5.78 Å². The van der Waals surface area contributed by atoms with E-state index in [0.29, 0.717) is 17.0 Å². The first-order valence-electron chi connectivity index (χ1n) is 11.0. The maximum atomic E-state index is 11.2. The molecular formula is C29H31NO3. The summed E-state index contributed by atoms with van der Waals surface area (Å²) in [6.07, 6.45) is 3.57. The van der Waals surface area contributed by atoms with Gasteiger partial charge >= 0.3 is 0 Å². The molecule has 170 valence electrons. The highest BCUT2D eigenvalue weighted by Crippen LogP contribution is 2.24. The van der Waals surface area contributed by atoms with Crippen LogP contribution in [0.4, 0.5) is 0 Å². The lowest BCUT2D eigenvalue weighted by Gasteiger charge is -2.08. The Bertz CT molecular complexity index is 1230. The van der Waals surface area contributed by atoms with Gasteiger partial charge in [0, 0.05) is 29.1 Å². The molecule has 0 saturated heterocycles. The Balaban J connectivity index is 0.000000210. The second kappa shape index (κ2) is 11.8. The first kappa shape index (κ1) is 25.6. The predicted octanol–water partition coefficient (Wildman–Crippen LogP) is 5.97. The highest BCUT2D eigenvalue weighted by atomic mass is 16.2. The number of rotatable bonds is 3. The third-order valence-corrected chi connectivity index (χ3v) is 5.47. The standard InChI is InChI=1S/C17H18O.C6H7N.C6H6O2/c1-12(2)16-5-4-6-17(11-16)15-9-7-14(8-10-15)13(3)18;1-6-2-4-7-5-3-6;1-3-4(2)6(8)5(3)7/h4-12H,1-3H3;2-5H,1H3;1-2H3. The molecule has 0 atom stereocenters. The van der Waals surface area contributed by atoms with Gasteiger partial charge in [-0.3, -0.25) is 19.4 Å². The third-order valence-electron chi connectivity index (χ3n) is 5.47. The third kappa shape index (κ3) is 7.18. The number of ketones is 1. The van der Waals surface area contributed by atoms with E-state index >= 15 is 0 Å². The van der Waals surface area contributed by atoms with Crippen LogP contribution in [0.3, 0.4) is 0 Å². The monoisotopic (exact) mass is 441 g/mol. The summed E-state index contributed by atoms with van der Waals surface area (Å²) >= 11 is 0. The molecule has 0 fully saturated rings. The predicted molar refractivity (Wildman–Crippen MR) is 136 cm³/mol.